The predicted molar refractivity (Wildman–Crippen MR) is 73.0 cm³/mol. The van der Waals surface area contributed by atoms with E-state index in [1.54, 1.807) is 0 Å². The van der Waals surface area contributed by atoms with E-state index in [4.69, 9.17) is 17.3 Å². The molecule has 0 aliphatic heterocycles. The minimum Gasteiger partial charge on any atom is -0.399 e. The Kier molecular flexibility index (Phi) is 3.82. The van der Waals surface area contributed by atoms with Crippen LogP contribution >= 0.6 is 11.6 Å². The molecule has 0 spiro atoms. The molecule has 0 atom stereocenters. The summed E-state index contributed by atoms with van der Waals surface area (Å²) in [6.45, 7) is 0. The fraction of sp³-hybridized carbons (Fsp3) is 0. The molecule has 0 heterocycles. The summed E-state index contributed by atoms with van der Waals surface area (Å²) in [6, 6.07) is 6.63. The third-order valence-corrected chi connectivity index (χ3v) is 4.10. The second-order valence-electron chi connectivity index (χ2n) is 3.92. The molecule has 0 saturated carbocycles. The van der Waals surface area contributed by atoms with E-state index in [0.717, 1.165) is 6.07 Å². The zero-order valence-electron chi connectivity index (χ0n) is 9.90. The topological polar surface area (TPSA) is 72.2 Å². The van der Waals surface area contributed by atoms with Gasteiger partial charge in [-0.1, -0.05) is 11.6 Å². The second kappa shape index (κ2) is 5.26. The first-order valence-corrected chi connectivity index (χ1v) is 7.18. The van der Waals surface area contributed by atoms with Crippen molar-refractivity contribution in [2.45, 2.75) is 4.90 Å². The van der Waals surface area contributed by atoms with Crippen molar-refractivity contribution in [3.63, 3.8) is 0 Å². The SMILES string of the molecule is Nc1ccc(S(=O)(=O)Nc2c(F)cc(F)cc2Cl)cc1. The van der Waals surface area contributed by atoms with Crippen LogP contribution in [0.15, 0.2) is 41.3 Å². The number of sulfonamides is 1. The van der Waals surface area contributed by atoms with Crippen LogP contribution in [0.4, 0.5) is 20.2 Å². The highest BCUT2D eigenvalue weighted by Crippen LogP contribution is 2.28. The van der Waals surface area contributed by atoms with Gasteiger partial charge < -0.3 is 5.73 Å². The molecule has 0 aliphatic carbocycles. The molecule has 4 nitrogen and oxygen atoms in total. The van der Waals surface area contributed by atoms with Crippen LogP contribution in [0.3, 0.4) is 0 Å². The number of benzene rings is 2. The summed E-state index contributed by atoms with van der Waals surface area (Å²) in [7, 11) is -4.04. The molecule has 0 aromatic heterocycles. The Balaban J connectivity index is 2.41. The molecule has 0 saturated heterocycles. The number of nitrogens with two attached hydrogens (primary N) is 1. The Hall–Kier alpha value is -1.86. The van der Waals surface area contributed by atoms with Gasteiger partial charge in [-0.25, -0.2) is 17.2 Å². The summed E-state index contributed by atoms with van der Waals surface area (Å²) in [4.78, 5) is -0.119. The van der Waals surface area contributed by atoms with E-state index >= 15 is 0 Å². The number of nitrogens with one attached hydrogen (secondary N) is 1. The van der Waals surface area contributed by atoms with Crippen molar-refractivity contribution in [3.8, 4) is 0 Å². The monoisotopic (exact) mass is 318 g/mol. The zero-order valence-corrected chi connectivity index (χ0v) is 11.5. The number of hydrogen-bond acceptors (Lipinski definition) is 3. The molecule has 8 heteroatoms. The van der Waals surface area contributed by atoms with Crippen LogP contribution in [0.1, 0.15) is 0 Å². The van der Waals surface area contributed by atoms with Crippen LogP contribution in [0.25, 0.3) is 0 Å². The zero-order chi connectivity index (χ0) is 14.9. The van der Waals surface area contributed by atoms with Crippen molar-refractivity contribution < 1.29 is 17.2 Å². The Labute approximate surface area is 119 Å². The fourth-order valence-corrected chi connectivity index (χ4v) is 2.87. The quantitative estimate of drug-likeness (QED) is 0.854. The largest absolute Gasteiger partial charge is 0.399 e. The normalized spacial score (nSPS) is 11.3. The summed E-state index contributed by atoms with van der Waals surface area (Å²) in [5.74, 6) is -2.00. The average Bonchev–Trinajstić information content (AvgIpc) is 2.34. The molecular weight excluding hydrogens is 310 g/mol. The van der Waals surface area contributed by atoms with Crippen molar-refractivity contribution in [3.05, 3.63) is 53.1 Å². The van der Waals surface area contributed by atoms with Crippen molar-refractivity contribution in [1.82, 2.24) is 0 Å². The van der Waals surface area contributed by atoms with E-state index < -0.39 is 27.3 Å². The maximum atomic E-state index is 13.6. The van der Waals surface area contributed by atoms with Gasteiger partial charge in [0.15, 0.2) is 5.82 Å². The molecule has 0 unspecified atom stereocenters. The first-order valence-electron chi connectivity index (χ1n) is 5.32. The highest BCUT2D eigenvalue weighted by atomic mass is 35.5. The van der Waals surface area contributed by atoms with Crippen LogP contribution in [0.2, 0.25) is 5.02 Å². The fourth-order valence-electron chi connectivity index (χ4n) is 1.48. The highest BCUT2D eigenvalue weighted by molar-refractivity contribution is 7.92. The Bertz CT molecular complexity index is 726. The van der Waals surface area contributed by atoms with E-state index in [1.165, 1.54) is 24.3 Å². The molecule has 0 bridgehead atoms. The molecule has 0 fully saturated rings. The summed E-state index contributed by atoms with van der Waals surface area (Å²) in [5, 5.41) is -0.374. The summed E-state index contributed by atoms with van der Waals surface area (Å²) >= 11 is 5.63. The number of nitrogen functional groups attached to an aromatic ring is 1. The first kappa shape index (κ1) is 14.5. The van der Waals surface area contributed by atoms with Gasteiger partial charge in [-0.05, 0) is 30.3 Å². The van der Waals surface area contributed by atoms with E-state index in [9.17, 15) is 17.2 Å². The smallest absolute Gasteiger partial charge is 0.262 e. The number of anilines is 2. The lowest BCUT2D eigenvalue weighted by Crippen LogP contribution is -2.14. The lowest BCUT2D eigenvalue weighted by Gasteiger charge is -2.10. The van der Waals surface area contributed by atoms with Gasteiger partial charge in [-0.3, -0.25) is 4.72 Å². The average molecular weight is 319 g/mol. The molecule has 3 N–H and O–H groups in total. The van der Waals surface area contributed by atoms with E-state index in [2.05, 4.69) is 0 Å². The Morgan fingerprint density at radius 2 is 1.70 bits per heavy atom. The minimum atomic E-state index is -4.04. The van der Waals surface area contributed by atoms with Crippen molar-refractivity contribution >= 4 is 33.0 Å². The van der Waals surface area contributed by atoms with Crippen LogP contribution < -0.4 is 10.5 Å². The van der Waals surface area contributed by atoms with Gasteiger partial charge in [0.2, 0.25) is 0 Å². The number of rotatable bonds is 3. The van der Waals surface area contributed by atoms with Gasteiger partial charge in [0.1, 0.15) is 11.5 Å². The second-order valence-corrected chi connectivity index (χ2v) is 6.01. The van der Waals surface area contributed by atoms with Gasteiger partial charge in [-0.15, -0.1) is 0 Å². The first-order chi connectivity index (χ1) is 9.29. The summed E-state index contributed by atoms with van der Waals surface area (Å²) in [6.07, 6.45) is 0. The van der Waals surface area contributed by atoms with Gasteiger partial charge >= 0.3 is 0 Å². The molecule has 2 rings (SSSR count). The standard InChI is InChI=1S/C12H9ClF2N2O2S/c13-10-5-7(14)6-11(15)12(10)17-20(18,19)9-3-1-8(16)2-4-9/h1-6,17H,16H2. The van der Waals surface area contributed by atoms with E-state index in [1.807, 2.05) is 4.72 Å². The minimum absolute atomic E-state index is 0.119. The van der Waals surface area contributed by atoms with E-state index in [0.29, 0.717) is 11.8 Å². The molecule has 0 radical (unpaired) electrons. The number of hydrogen-bond donors (Lipinski definition) is 2. The highest BCUT2D eigenvalue weighted by Gasteiger charge is 2.19. The van der Waals surface area contributed by atoms with Gasteiger partial charge in [-0.2, -0.15) is 0 Å². The molecule has 0 amide bonds. The maximum absolute atomic E-state index is 13.6. The van der Waals surface area contributed by atoms with Crippen LogP contribution in [-0.4, -0.2) is 8.42 Å². The van der Waals surface area contributed by atoms with Gasteiger partial charge in [0, 0.05) is 11.8 Å². The van der Waals surface area contributed by atoms with E-state index in [-0.39, 0.29) is 9.92 Å². The predicted octanol–water partition coefficient (Wildman–Crippen LogP) is 3.00. The molecular formula is C12H9ClF2N2O2S. The van der Waals surface area contributed by atoms with Crippen molar-refractivity contribution in [2.24, 2.45) is 0 Å². The Morgan fingerprint density at radius 1 is 1.10 bits per heavy atom. The summed E-state index contributed by atoms with van der Waals surface area (Å²) in [5.41, 5.74) is 5.32. The van der Waals surface area contributed by atoms with Crippen LogP contribution in [0, 0.1) is 11.6 Å². The molecule has 2 aromatic rings. The van der Waals surface area contributed by atoms with Crippen LogP contribution in [-0.2, 0) is 10.0 Å². The summed E-state index contributed by atoms with van der Waals surface area (Å²) < 4.78 is 52.5. The van der Waals surface area contributed by atoms with Gasteiger partial charge in [0.05, 0.1) is 9.92 Å². The van der Waals surface area contributed by atoms with Crippen molar-refractivity contribution in [1.29, 1.82) is 0 Å². The van der Waals surface area contributed by atoms with Crippen LogP contribution in [0.5, 0.6) is 0 Å². The molecule has 106 valence electrons. The number of halogens is 3. The maximum Gasteiger partial charge on any atom is 0.262 e. The third-order valence-electron chi connectivity index (χ3n) is 2.43. The molecule has 20 heavy (non-hydrogen) atoms. The Morgan fingerprint density at radius 3 is 2.25 bits per heavy atom. The molecule has 2 aromatic carbocycles. The van der Waals surface area contributed by atoms with Crippen molar-refractivity contribution in [2.75, 3.05) is 10.5 Å². The lowest BCUT2D eigenvalue weighted by atomic mass is 10.3. The molecule has 0 aliphatic rings. The third kappa shape index (κ3) is 3.00. The van der Waals surface area contributed by atoms with Gasteiger partial charge in [0.25, 0.3) is 10.0 Å². The lowest BCUT2D eigenvalue weighted by molar-refractivity contribution is 0.583.